The molecule has 0 fully saturated rings. The van der Waals surface area contributed by atoms with E-state index in [-0.39, 0.29) is 18.3 Å². The number of nitrogens with zero attached hydrogens (tertiary/aromatic N) is 2. The lowest BCUT2D eigenvalue weighted by Crippen LogP contribution is -2.29. The van der Waals surface area contributed by atoms with E-state index in [1.165, 1.54) is 21.8 Å². The number of anilines is 1. The molecule has 2 heterocycles. The fraction of sp³-hybridized carbons (Fsp3) is 0.154. The van der Waals surface area contributed by atoms with Crippen LogP contribution in [-0.2, 0) is 19.5 Å². The molecule has 160 valence electrons. The van der Waals surface area contributed by atoms with Crippen LogP contribution >= 0.6 is 23.7 Å². The molecule has 0 aliphatic carbocycles. The lowest BCUT2D eigenvalue weighted by molar-refractivity contribution is 0.102. The molecular formula is C26H22ClN3OS. The minimum absolute atomic E-state index is 0. The first-order valence-electron chi connectivity index (χ1n) is 10.3. The predicted octanol–water partition coefficient (Wildman–Crippen LogP) is 6.01. The SMILES string of the molecule is Cl.N#Cc1c(NC(=O)c2ccc3ccccc3c2)sc2c1CCN(Cc1ccccc1)C2. The molecule has 0 saturated heterocycles. The van der Waals surface area contributed by atoms with Crippen molar-refractivity contribution in [1.29, 1.82) is 5.26 Å². The number of nitrogens with one attached hydrogen (secondary N) is 1. The normalized spacial score (nSPS) is 13.1. The van der Waals surface area contributed by atoms with Crippen LogP contribution in [0.1, 0.15) is 31.9 Å². The van der Waals surface area contributed by atoms with E-state index in [9.17, 15) is 10.1 Å². The van der Waals surface area contributed by atoms with Crippen LogP contribution in [0.25, 0.3) is 10.8 Å². The zero-order chi connectivity index (χ0) is 21.2. The average Bonchev–Trinajstić information content (AvgIpc) is 3.15. The molecule has 1 amide bonds. The number of thiophene rings is 1. The molecule has 0 spiro atoms. The fourth-order valence-corrected chi connectivity index (χ4v) is 5.38. The first-order valence-corrected chi connectivity index (χ1v) is 11.1. The summed E-state index contributed by atoms with van der Waals surface area (Å²) in [7, 11) is 0. The lowest BCUT2D eigenvalue weighted by atomic mass is 10.0. The number of carbonyl (C=O) groups is 1. The standard InChI is InChI=1S/C26H21N3OS.ClH/c27-15-23-22-12-13-29(16-18-6-2-1-3-7-18)17-24(22)31-26(23)28-25(30)21-11-10-19-8-4-5-9-20(19)14-21;/h1-11,14H,12-13,16-17H2,(H,28,30);1H. The van der Waals surface area contributed by atoms with Crippen molar-refractivity contribution in [3.63, 3.8) is 0 Å². The quantitative estimate of drug-likeness (QED) is 0.407. The van der Waals surface area contributed by atoms with Gasteiger partial charge in [0.25, 0.3) is 5.91 Å². The van der Waals surface area contributed by atoms with Crippen LogP contribution in [-0.4, -0.2) is 17.4 Å². The Hall–Kier alpha value is -3.17. The van der Waals surface area contributed by atoms with Gasteiger partial charge in [-0.3, -0.25) is 9.69 Å². The summed E-state index contributed by atoms with van der Waals surface area (Å²) in [5.41, 5.74) is 3.59. The number of halogens is 1. The summed E-state index contributed by atoms with van der Waals surface area (Å²) < 4.78 is 0. The molecule has 32 heavy (non-hydrogen) atoms. The minimum Gasteiger partial charge on any atom is -0.312 e. The Morgan fingerprint density at radius 1 is 1.03 bits per heavy atom. The first-order chi connectivity index (χ1) is 15.2. The highest BCUT2D eigenvalue weighted by Crippen LogP contribution is 2.37. The molecule has 1 N–H and O–H groups in total. The van der Waals surface area contributed by atoms with Gasteiger partial charge in [0.15, 0.2) is 0 Å². The third-order valence-corrected chi connectivity index (χ3v) is 6.87. The average molecular weight is 460 g/mol. The summed E-state index contributed by atoms with van der Waals surface area (Å²) in [6.45, 7) is 2.60. The predicted molar refractivity (Wildman–Crippen MR) is 132 cm³/mol. The summed E-state index contributed by atoms with van der Waals surface area (Å²) in [6.07, 6.45) is 0.827. The summed E-state index contributed by atoms with van der Waals surface area (Å²) in [5, 5.41) is 15.6. The Balaban J connectivity index is 0.00000245. The highest BCUT2D eigenvalue weighted by molar-refractivity contribution is 7.16. The Kier molecular flexibility index (Phi) is 6.57. The second kappa shape index (κ2) is 9.54. The highest BCUT2D eigenvalue weighted by atomic mass is 35.5. The van der Waals surface area contributed by atoms with Gasteiger partial charge in [-0.05, 0) is 40.5 Å². The molecule has 0 saturated carbocycles. The number of amides is 1. The molecule has 1 aromatic heterocycles. The van der Waals surface area contributed by atoms with Crippen molar-refractivity contribution in [3.05, 3.63) is 99.9 Å². The van der Waals surface area contributed by atoms with Gasteiger partial charge in [-0.15, -0.1) is 23.7 Å². The maximum absolute atomic E-state index is 12.9. The first kappa shape index (κ1) is 22.0. The molecule has 0 bridgehead atoms. The van der Waals surface area contributed by atoms with Crippen molar-refractivity contribution < 1.29 is 4.79 Å². The third-order valence-electron chi connectivity index (χ3n) is 5.74. The van der Waals surface area contributed by atoms with Crippen molar-refractivity contribution in [2.24, 2.45) is 0 Å². The maximum atomic E-state index is 12.9. The maximum Gasteiger partial charge on any atom is 0.256 e. The van der Waals surface area contributed by atoms with E-state index in [4.69, 9.17) is 0 Å². The molecule has 4 nitrogen and oxygen atoms in total. The molecule has 5 rings (SSSR count). The number of fused-ring (bicyclic) bond motifs is 2. The molecular weight excluding hydrogens is 438 g/mol. The van der Waals surface area contributed by atoms with Crippen LogP contribution in [0.3, 0.4) is 0 Å². The van der Waals surface area contributed by atoms with E-state index in [0.29, 0.717) is 16.1 Å². The molecule has 1 aliphatic rings. The molecule has 0 atom stereocenters. The molecule has 1 aliphatic heterocycles. The Morgan fingerprint density at radius 3 is 2.56 bits per heavy atom. The van der Waals surface area contributed by atoms with E-state index >= 15 is 0 Å². The van der Waals surface area contributed by atoms with Gasteiger partial charge in [0, 0.05) is 30.1 Å². The van der Waals surface area contributed by atoms with Gasteiger partial charge in [0.1, 0.15) is 11.1 Å². The van der Waals surface area contributed by atoms with E-state index in [2.05, 4.69) is 40.6 Å². The number of rotatable bonds is 4. The second-order valence-electron chi connectivity index (χ2n) is 7.78. The van der Waals surface area contributed by atoms with Crippen LogP contribution in [0, 0.1) is 11.3 Å². The largest absolute Gasteiger partial charge is 0.312 e. The molecule has 0 unspecified atom stereocenters. The number of carbonyl (C=O) groups excluding carboxylic acids is 1. The van der Waals surface area contributed by atoms with Crippen LogP contribution in [0.4, 0.5) is 5.00 Å². The van der Waals surface area contributed by atoms with Crippen molar-refractivity contribution in [2.75, 3.05) is 11.9 Å². The summed E-state index contributed by atoms with van der Waals surface area (Å²) >= 11 is 1.53. The van der Waals surface area contributed by atoms with Crippen molar-refractivity contribution >= 4 is 45.4 Å². The Bertz CT molecular complexity index is 1310. The van der Waals surface area contributed by atoms with Gasteiger partial charge in [-0.2, -0.15) is 5.26 Å². The van der Waals surface area contributed by atoms with E-state index in [1.807, 2.05) is 48.5 Å². The van der Waals surface area contributed by atoms with Crippen LogP contribution in [0.5, 0.6) is 0 Å². The smallest absolute Gasteiger partial charge is 0.256 e. The van der Waals surface area contributed by atoms with E-state index in [1.54, 1.807) is 0 Å². The summed E-state index contributed by atoms with van der Waals surface area (Å²) in [6, 6.07) is 26.4. The number of nitriles is 1. The van der Waals surface area contributed by atoms with Gasteiger partial charge >= 0.3 is 0 Å². The molecule has 3 aromatic carbocycles. The van der Waals surface area contributed by atoms with Crippen molar-refractivity contribution in [3.8, 4) is 6.07 Å². The molecule has 0 radical (unpaired) electrons. The number of hydrogen-bond acceptors (Lipinski definition) is 4. The van der Waals surface area contributed by atoms with Gasteiger partial charge in [0.2, 0.25) is 0 Å². The zero-order valence-electron chi connectivity index (χ0n) is 17.4. The summed E-state index contributed by atoms with van der Waals surface area (Å²) in [4.78, 5) is 16.5. The molecule has 6 heteroatoms. The number of benzene rings is 3. The van der Waals surface area contributed by atoms with Crippen LogP contribution < -0.4 is 5.32 Å². The highest BCUT2D eigenvalue weighted by Gasteiger charge is 2.25. The fourth-order valence-electron chi connectivity index (χ4n) is 4.15. The van der Waals surface area contributed by atoms with Crippen molar-refractivity contribution in [2.45, 2.75) is 19.5 Å². The van der Waals surface area contributed by atoms with Gasteiger partial charge in [0.05, 0.1) is 5.56 Å². The van der Waals surface area contributed by atoms with Gasteiger partial charge in [-0.25, -0.2) is 0 Å². The Morgan fingerprint density at radius 2 is 1.78 bits per heavy atom. The Labute approximate surface area is 197 Å². The monoisotopic (exact) mass is 459 g/mol. The third kappa shape index (κ3) is 4.39. The zero-order valence-corrected chi connectivity index (χ0v) is 19.0. The lowest BCUT2D eigenvalue weighted by Gasteiger charge is -2.26. The second-order valence-corrected chi connectivity index (χ2v) is 8.89. The van der Waals surface area contributed by atoms with E-state index < -0.39 is 0 Å². The van der Waals surface area contributed by atoms with Gasteiger partial charge in [-0.1, -0.05) is 60.7 Å². The van der Waals surface area contributed by atoms with Crippen LogP contribution in [0.15, 0.2) is 72.8 Å². The number of hydrogen-bond donors (Lipinski definition) is 1. The van der Waals surface area contributed by atoms with Crippen molar-refractivity contribution in [1.82, 2.24) is 4.90 Å². The van der Waals surface area contributed by atoms with E-state index in [0.717, 1.165) is 42.4 Å². The molecule has 4 aromatic rings. The minimum atomic E-state index is -0.179. The van der Waals surface area contributed by atoms with Gasteiger partial charge < -0.3 is 5.32 Å². The topological polar surface area (TPSA) is 56.1 Å². The van der Waals surface area contributed by atoms with Crippen LogP contribution in [0.2, 0.25) is 0 Å². The summed E-state index contributed by atoms with van der Waals surface area (Å²) in [5.74, 6) is -0.179.